The van der Waals surface area contributed by atoms with Gasteiger partial charge in [0.1, 0.15) is 0 Å². The molecule has 0 aromatic rings. The maximum atomic E-state index is 12.3. The van der Waals surface area contributed by atoms with Gasteiger partial charge in [0, 0.05) is 0 Å². The number of halogens is 5. The Morgan fingerprint density at radius 2 is 1.27 bits per heavy atom. The van der Waals surface area contributed by atoms with E-state index >= 15 is 0 Å². The van der Waals surface area contributed by atoms with E-state index < -0.39 is 6.17 Å². The molecule has 102 valence electrons. The zero-order valence-corrected chi connectivity index (χ0v) is 10.4. The smallest absolute Gasteiger partial charge is 0.0999 e. The van der Waals surface area contributed by atoms with Gasteiger partial charge in [-0.3, -0.25) is 18.5 Å². The van der Waals surface area contributed by atoms with Gasteiger partial charge in [-0.15, -0.1) is 0 Å². The van der Waals surface area contributed by atoms with E-state index in [1.165, 1.54) is 0 Å². The van der Waals surface area contributed by atoms with E-state index in [2.05, 4.69) is 6.92 Å². The number of unbranched alkanes of at least 4 members (excludes halogenated alkanes) is 1. The van der Waals surface area contributed by atoms with Crippen LogP contribution in [0.3, 0.4) is 0 Å². The minimum absolute atomic E-state index is 0. The van der Waals surface area contributed by atoms with Gasteiger partial charge in [0.15, 0.2) is 0 Å². The molecule has 0 aliphatic carbocycles. The number of rotatable bonds is 4. The van der Waals surface area contributed by atoms with Gasteiger partial charge in [-0.1, -0.05) is 40.5 Å². The quantitative estimate of drug-likeness (QED) is 0.609. The Bertz CT molecular complexity index is 53.1. The molecule has 0 aliphatic heterocycles. The van der Waals surface area contributed by atoms with Crippen molar-refractivity contribution in [3.8, 4) is 0 Å². The third-order valence-electron chi connectivity index (χ3n) is 1.31. The summed E-state index contributed by atoms with van der Waals surface area (Å²) >= 11 is 0. The normalized spacial score (nSPS) is 8.20. The number of alkyl halides is 2. The summed E-state index contributed by atoms with van der Waals surface area (Å²) in [7, 11) is 0.500. The van der Waals surface area contributed by atoms with Crippen molar-refractivity contribution in [2.45, 2.75) is 59.5 Å². The summed E-state index contributed by atoms with van der Waals surface area (Å²) in [5.74, 6) is 0. The highest BCUT2D eigenvalue weighted by Crippen LogP contribution is 2.06. The lowest BCUT2D eigenvalue weighted by Gasteiger charge is -2.00. The highest BCUT2D eigenvalue weighted by Gasteiger charge is 1.99. The lowest BCUT2D eigenvalue weighted by Crippen LogP contribution is -1.95. The molecule has 0 N–H and O–H groups in total. The van der Waals surface area contributed by atoms with Gasteiger partial charge in [0.2, 0.25) is 0 Å². The van der Waals surface area contributed by atoms with E-state index in [-0.39, 0.29) is 14.1 Å². The fourth-order valence-corrected chi connectivity index (χ4v) is 0.630. The summed E-state index contributed by atoms with van der Waals surface area (Å²) in [6.07, 6.45) is 3.04. The molecule has 0 radical (unpaired) electrons. The summed E-state index contributed by atoms with van der Waals surface area (Å²) < 4.78 is 21.8. The van der Waals surface area contributed by atoms with Crippen LogP contribution in [0.5, 0.6) is 0 Å². The van der Waals surface area contributed by atoms with Crippen LogP contribution in [-0.4, -0.2) is 13.3 Å². The van der Waals surface area contributed by atoms with Gasteiger partial charge in [0.25, 0.3) is 0 Å². The highest BCUT2D eigenvalue weighted by atomic mass is 19.1. The van der Waals surface area contributed by atoms with E-state index in [1.54, 1.807) is 0 Å². The summed E-state index contributed by atoms with van der Waals surface area (Å²) in [5.41, 5.74) is 0. The molecule has 0 aromatic heterocycles. The fraction of sp³-hybridized carbons (Fsp3) is 1.00. The maximum Gasteiger partial charge on any atom is 0.0999 e. The van der Waals surface area contributed by atoms with Gasteiger partial charge in [0.05, 0.1) is 13.3 Å². The molecular weight excluding hydrogens is 215 g/mol. The third kappa shape index (κ3) is 58.0. The first-order valence-corrected chi connectivity index (χ1v) is 4.83. The predicted molar refractivity (Wildman–Crippen MR) is 60.6 cm³/mol. The molecule has 0 amide bonds. The molecule has 0 aliphatic rings. The van der Waals surface area contributed by atoms with Crippen LogP contribution < -0.4 is 0 Å². The first kappa shape index (κ1) is 36.5. The van der Waals surface area contributed by atoms with Crippen molar-refractivity contribution in [2.75, 3.05) is 7.18 Å². The van der Waals surface area contributed by atoms with E-state index in [9.17, 15) is 8.78 Å². The van der Waals surface area contributed by atoms with Crippen LogP contribution in [0.4, 0.5) is 22.9 Å². The van der Waals surface area contributed by atoms with Crippen molar-refractivity contribution >= 4 is 0 Å². The number of hydrogen-bond acceptors (Lipinski definition) is 0. The molecular formula is C10H27F5. The van der Waals surface area contributed by atoms with Crippen LogP contribution in [-0.2, 0) is 0 Å². The maximum absolute atomic E-state index is 12.3. The molecule has 0 saturated heterocycles. The minimum Gasteiger partial charge on any atom is -0.269 e. The Hall–Kier alpha value is -0.350. The molecule has 1 atom stereocenters. The summed E-state index contributed by atoms with van der Waals surface area (Å²) in [4.78, 5) is 0. The van der Waals surface area contributed by atoms with Gasteiger partial charge in [-0.25, -0.2) is 4.39 Å². The molecule has 0 heterocycles. The molecule has 0 spiro atoms. The standard InChI is InChI=1S/C7H15F.C2H6.CH3F.3FH/c1-3-5-6-7(8)4-2;2*1-2;;;/h7H,3-6H2,1-2H3;1-2H3;1H3;3*1H/t7-;;;;;/m1...../s1. The highest BCUT2D eigenvalue weighted by molar-refractivity contribution is 4.50. The zero-order valence-electron chi connectivity index (χ0n) is 10.4. The molecule has 5 heteroatoms. The van der Waals surface area contributed by atoms with Crippen LogP contribution in [0.25, 0.3) is 0 Å². The first-order chi connectivity index (χ1) is 5.81. The summed E-state index contributed by atoms with van der Waals surface area (Å²) in [5, 5.41) is 0. The van der Waals surface area contributed by atoms with Crippen molar-refractivity contribution in [2.24, 2.45) is 0 Å². The van der Waals surface area contributed by atoms with Crippen molar-refractivity contribution in [3.63, 3.8) is 0 Å². The second-order valence-electron chi connectivity index (χ2n) is 2.15. The largest absolute Gasteiger partial charge is 0.269 e. The third-order valence-corrected chi connectivity index (χ3v) is 1.31. The SMILES string of the molecule is CC.CCCC[C@H](F)CC.CF.F.F.F. The molecule has 0 nitrogen and oxygen atoms in total. The number of hydrogen-bond donors (Lipinski definition) is 0. The molecule has 0 saturated carbocycles. The topological polar surface area (TPSA) is 0 Å². The van der Waals surface area contributed by atoms with Crippen molar-refractivity contribution < 1.29 is 22.9 Å². The average molecular weight is 242 g/mol. The average Bonchev–Trinajstić information content (AvgIpc) is 2.20. The van der Waals surface area contributed by atoms with E-state index in [0.29, 0.717) is 13.6 Å². The van der Waals surface area contributed by atoms with Crippen molar-refractivity contribution in [1.29, 1.82) is 0 Å². The lowest BCUT2D eigenvalue weighted by atomic mass is 10.1. The molecule has 0 fully saturated rings. The fourth-order valence-electron chi connectivity index (χ4n) is 0.630. The van der Waals surface area contributed by atoms with E-state index in [1.807, 2.05) is 20.8 Å². The minimum atomic E-state index is -0.546. The van der Waals surface area contributed by atoms with E-state index in [0.717, 1.165) is 19.3 Å². The van der Waals surface area contributed by atoms with Crippen LogP contribution in [0.2, 0.25) is 0 Å². The van der Waals surface area contributed by atoms with Crippen molar-refractivity contribution in [1.82, 2.24) is 0 Å². The van der Waals surface area contributed by atoms with Gasteiger partial charge in [-0.05, 0) is 12.8 Å². The first-order valence-electron chi connectivity index (χ1n) is 4.83. The van der Waals surface area contributed by atoms with E-state index in [4.69, 9.17) is 0 Å². The molecule has 0 rings (SSSR count). The second-order valence-corrected chi connectivity index (χ2v) is 2.15. The zero-order chi connectivity index (χ0) is 10.4. The van der Waals surface area contributed by atoms with Gasteiger partial charge in [-0.2, -0.15) is 0 Å². The molecule has 0 bridgehead atoms. The Morgan fingerprint density at radius 3 is 1.47 bits per heavy atom. The van der Waals surface area contributed by atoms with Crippen LogP contribution in [0.1, 0.15) is 53.4 Å². The van der Waals surface area contributed by atoms with Crippen LogP contribution in [0, 0.1) is 0 Å². The van der Waals surface area contributed by atoms with Gasteiger partial charge < -0.3 is 0 Å². The molecule has 0 unspecified atom stereocenters. The lowest BCUT2D eigenvalue weighted by molar-refractivity contribution is 0.299. The molecule has 0 aromatic carbocycles. The Labute approximate surface area is 90.6 Å². The summed E-state index contributed by atoms with van der Waals surface area (Å²) in [6.45, 7) is 7.97. The Morgan fingerprint density at radius 1 is 0.933 bits per heavy atom. The summed E-state index contributed by atoms with van der Waals surface area (Å²) in [6, 6.07) is 0. The van der Waals surface area contributed by atoms with Crippen LogP contribution >= 0.6 is 0 Å². The van der Waals surface area contributed by atoms with Crippen molar-refractivity contribution in [3.05, 3.63) is 0 Å². The van der Waals surface area contributed by atoms with Crippen LogP contribution in [0.15, 0.2) is 0 Å². The van der Waals surface area contributed by atoms with Gasteiger partial charge >= 0.3 is 0 Å². The molecule has 15 heavy (non-hydrogen) atoms. The second kappa shape index (κ2) is 49.4. The Kier molecular flexibility index (Phi) is 120. The predicted octanol–water partition coefficient (Wildman–Crippen LogP) is 4.99. The monoisotopic (exact) mass is 242 g/mol. The Balaban J connectivity index is -0.0000000260.